The highest BCUT2D eigenvalue weighted by Crippen LogP contribution is 2.31. The van der Waals surface area contributed by atoms with Gasteiger partial charge in [0.2, 0.25) is 0 Å². The van der Waals surface area contributed by atoms with Gasteiger partial charge in [0.05, 0.1) is 5.54 Å². The maximum absolute atomic E-state index is 12.4. The topological polar surface area (TPSA) is 63.8 Å². The highest BCUT2D eigenvalue weighted by Gasteiger charge is 2.34. The summed E-state index contributed by atoms with van der Waals surface area (Å²) in [5.41, 5.74) is 4.55. The van der Waals surface area contributed by atoms with Crippen molar-refractivity contribution in [2.45, 2.75) is 43.8 Å². The van der Waals surface area contributed by atoms with E-state index in [0.29, 0.717) is 12.4 Å². The van der Waals surface area contributed by atoms with Crippen LogP contribution in [0.15, 0.2) is 12.1 Å². The summed E-state index contributed by atoms with van der Waals surface area (Å²) in [4.78, 5) is 0. The molecule has 0 spiro atoms. The van der Waals surface area contributed by atoms with Crippen LogP contribution in [0.1, 0.15) is 37.8 Å². The van der Waals surface area contributed by atoms with Crippen molar-refractivity contribution in [3.05, 3.63) is 17.8 Å². The van der Waals surface area contributed by atoms with Crippen molar-refractivity contribution in [2.75, 3.05) is 11.9 Å². The van der Waals surface area contributed by atoms with Gasteiger partial charge in [0.15, 0.2) is 5.69 Å². The second kappa shape index (κ2) is 5.32. The van der Waals surface area contributed by atoms with E-state index in [2.05, 4.69) is 15.5 Å². The van der Waals surface area contributed by atoms with Gasteiger partial charge in [-0.2, -0.15) is 13.2 Å². The summed E-state index contributed by atoms with van der Waals surface area (Å²) in [5, 5.41) is 9.95. The molecule has 0 saturated heterocycles. The van der Waals surface area contributed by atoms with Gasteiger partial charge < -0.3 is 11.1 Å². The maximum atomic E-state index is 12.4. The number of nitrogens with zero attached hydrogens (tertiary/aromatic N) is 2. The predicted octanol–water partition coefficient (Wildman–Crippen LogP) is 2.57. The number of hydrogen-bond donors (Lipinski definition) is 2. The molecule has 1 aromatic rings. The van der Waals surface area contributed by atoms with Crippen LogP contribution in [-0.4, -0.2) is 22.3 Å². The first kappa shape index (κ1) is 14.0. The van der Waals surface area contributed by atoms with Gasteiger partial charge in [0.1, 0.15) is 5.82 Å². The van der Waals surface area contributed by atoms with E-state index in [0.717, 1.165) is 31.7 Å². The SMILES string of the molecule is NCC1(Nc2ccc(C(F)(F)F)nn2)CCCCC1. The van der Waals surface area contributed by atoms with Gasteiger partial charge in [0, 0.05) is 6.54 Å². The molecule has 7 heteroatoms. The number of hydrogen-bond acceptors (Lipinski definition) is 4. The van der Waals surface area contributed by atoms with Crippen LogP contribution < -0.4 is 11.1 Å². The van der Waals surface area contributed by atoms with Crippen molar-refractivity contribution in [1.82, 2.24) is 10.2 Å². The summed E-state index contributed by atoms with van der Waals surface area (Å²) in [5.74, 6) is 0.348. The Morgan fingerprint density at radius 1 is 1.16 bits per heavy atom. The fraction of sp³-hybridized carbons (Fsp3) is 0.667. The minimum atomic E-state index is -4.46. The van der Waals surface area contributed by atoms with Gasteiger partial charge >= 0.3 is 6.18 Å². The van der Waals surface area contributed by atoms with Gasteiger partial charge in [-0.25, -0.2) is 0 Å². The molecule has 0 bridgehead atoms. The average Bonchev–Trinajstić information content (AvgIpc) is 2.39. The number of alkyl halides is 3. The Hall–Kier alpha value is -1.37. The van der Waals surface area contributed by atoms with Crippen LogP contribution in [0.3, 0.4) is 0 Å². The molecule has 1 aromatic heterocycles. The summed E-state index contributed by atoms with van der Waals surface area (Å²) in [7, 11) is 0. The Kier molecular flexibility index (Phi) is 3.93. The van der Waals surface area contributed by atoms with Gasteiger partial charge in [-0.3, -0.25) is 0 Å². The smallest absolute Gasteiger partial charge is 0.362 e. The standard InChI is InChI=1S/C12H17F3N4/c13-12(14,15)9-4-5-10(19-18-9)17-11(8-16)6-2-1-3-7-11/h4-5H,1-3,6-8,16H2,(H,17,19). The number of nitrogens with two attached hydrogens (primary N) is 1. The lowest BCUT2D eigenvalue weighted by Gasteiger charge is -2.37. The van der Waals surface area contributed by atoms with Crippen LogP contribution in [0.4, 0.5) is 19.0 Å². The van der Waals surface area contributed by atoms with E-state index >= 15 is 0 Å². The third kappa shape index (κ3) is 3.34. The van der Waals surface area contributed by atoms with Crippen LogP contribution in [-0.2, 0) is 6.18 Å². The zero-order chi connectivity index (χ0) is 13.9. The van der Waals surface area contributed by atoms with Crippen molar-refractivity contribution in [3.63, 3.8) is 0 Å². The second-order valence-corrected chi connectivity index (χ2v) is 4.97. The predicted molar refractivity (Wildman–Crippen MR) is 65.5 cm³/mol. The lowest BCUT2D eigenvalue weighted by molar-refractivity contribution is -0.141. The first-order chi connectivity index (χ1) is 8.95. The zero-order valence-corrected chi connectivity index (χ0v) is 10.5. The largest absolute Gasteiger partial charge is 0.435 e. The molecule has 1 saturated carbocycles. The Labute approximate surface area is 109 Å². The van der Waals surface area contributed by atoms with E-state index < -0.39 is 11.9 Å². The molecule has 1 aliphatic carbocycles. The highest BCUT2D eigenvalue weighted by atomic mass is 19.4. The molecule has 1 fully saturated rings. The lowest BCUT2D eigenvalue weighted by atomic mass is 9.82. The van der Waals surface area contributed by atoms with Crippen LogP contribution >= 0.6 is 0 Å². The van der Waals surface area contributed by atoms with Gasteiger partial charge in [0.25, 0.3) is 0 Å². The fourth-order valence-electron chi connectivity index (χ4n) is 2.43. The molecule has 3 N–H and O–H groups in total. The highest BCUT2D eigenvalue weighted by molar-refractivity contribution is 5.37. The van der Waals surface area contributed by atoms with Gasteiger partial charge in [-0.1, -0.05) is 19.3 Å². The molecule has 1 heterocycles. The summed E-state index contributed by atoms with van der Waals surface area (Å²) in [6.45, 7) is 0.440. The van der Waals surface area contributed by atoms with Crippen LogP contribution in [0.2, 0.25) is 0 Å². The zero-order valence-electron chi connectivity index (χ0n) is 10.5. The van der Waals surface area contributed by atoms with Crippen molar-refractivity contribution in [2.24, 2.45) is 5.73 Å². The van der Waals surface area contributed by atoms with Crippen molar-refractivity contribution >= 4 is 5.82 Å². The maximum Gasteiger partial charge on any atom is 0.435 e. The Morgan fingerprint density at radius 2 is 1.84 bits per heavy atom. The molecule has 1 aliphatic rings. The van der Waals surface area contributed by atoms with Crippen LogP contribution in [0.5, 0.6) is 0 Å². The van der Waals surface area contributed by atoms with Crippen molar-refractivity contribution < 1.29 is 13.2 Å². The lowest BCUT2D eigenvalue weighted by Crippen LogP contribution is -2.47. The van der Waals surface area contributed by atoms with Crippen LogP contribution in [0, 0.1) is 0 Å². The number of anilines is 1. The van der Waals surface area contributed by atoms with Crippen molar-refractivity contribution in [3.8, 4) is 0 Å². The van der Waals surface area contributed by atoms with E-state index in [1.807, 2.05) is 0 Å². The number of nitrogens with one attached hydrogen (secondary N) is 1. The molecule has 0 radical (unpaired) electrons. The van der Waals surface area contributed by atoms with Crippen molar-refractivity contribution in [1.29, 1.82) is 0 Å². The minimum Gasteiger partial charge on any atom is -0.362 e. The molecular formula is C12H17F3N4. The van der Waals surface area contributed by atoms with E-state index in [1.54, 1.807) is 0 Å². The molecule has 106 valence electrons. The summed E-state index contributed by atoms with van der Waals surface area (Å²) in [6, 6.07) is 2.24. The molecule has 2 rings (SSSR count). The summed E-state index contributed by atoms with van der Waals surface area (Å²) in [6.07, 6.45) is 0.666. The summed E-state index contributed by atoms with van der Waals surface area (Å²) < 4.78 is 37.1. The third-order valence-electron chi connectivity index (χ3n) is 3.55. The van der Waals surface area contributed by atoms with E-state index in [9.17, 15) is 13.2 Å². The normalized spacial score (nSPS) is 19.2. The Bertz CT molecular complexity index is 410. The third-order valence-corrected chi connectivity index (χ3v) is 3.55. The quantitative estimate of drug-likeness (QED) is 0.889. The van der Waals surface area contributed by atoms with Gasteiger partial charge in [-0.15, -0.1) is 10.2 Å². The second-order valence-electron chi connectivity index (χ2n) is 4.97. The number of rotatable bonds is 3. The molecule has 0 aliphatic heterocycles. The van der Waals surface area contributed by atoms with Crippen LogP contribution in [0.25, 0.3) is 0 Å². The average molecular weight is 274 g/mol. The minimum absolute atomic E-state index is 0.257. The van der Waals surface area contributed by atoms with E-state index in [1.165, 1.54) is 12.5 Å². The first-order valence-electron chi connectivity index (χ1n) is 6.34. The number of aromatic nitrogens is 2. The molecule has 0 aromatic carbocycles. The molecule has 19 heavy (non-hydrogen) atoms. The molecule has 0 unspecified atom stereocenters. The monoisotopic (exact) mass is 274 g/mol. The fourth-order valence-corrected chi connectivity index (χ4v) is 2.43. The first-order valence-corrected chi connectivity index (χ1v) is 6.34. The van der Waals surface area contributed by atoms with E-state index in [-0.39, 0.29) is 5.54 Å². The number of halogens is 3. The Balaban J connectivity index is 2.10. The van der Waals surface area contributed by atoms with E-state index in [4.69, 9.17) is 5.73 Å². The Morgan fingerprint density at radius 3 is 2.32 bits per heavy atom. The molecule has 0 amide bonds. The molecule has 0 atom stereocenters. The molecule has 4 nitrogen and oxygen atoms in total. The summed E-state index contributed by atoms with van der Waals surface area (Å²) >= 11 is 0. The van der Waals surface area contributed by atoms with Gasteiger partial charge in [-0.05, 0) is 25.0 Å². The molecular weight excluding hydrogens is 257 g/mol.